The van der Waals surface area contributed by atoms with E-state index in [9.17, 15) is 23.7 Å². The number of para-hydroxylation sites is 1. The topological polar surface area (TPSA) is 158 Å². The molecule has 0 aliphatic heterocycles. The molecule has 5 unspecified atom stereocenters. The number of fused-ring (bicyclic) bond motifs is 2. The number of hydrogen-bond acceptors (Lipinski definition) is 11. The Balaban J connectivity index is 1.34. The zero-order valence-electron chi connectivity index (χ0n) is 20.7. The van der Waals surface area contributed by atoms with Crippen molar-refractivity contribution in [2.45, 2.75) is 48.6 Å². The van der Waals surface area contributed by atoms with Gasteiger partial charge in [-0.3, -0.25) is 0 Å². The Labute approximate surface area is 223 Å². The molecule has 38 heavy (non-hydrogen) atoms. The van der Waals surface area contributed by atoms with Crippen LogP contribution >= 0.6 is 11.3 Å². The Morgan fingerprint density at radius 1 is 1.08 bits per heavy atom. The third kappa shape index (κ3) is 4.22. The average molecular weight is 554 g/mol. The second kappa shape index (κ2) is 8.95. The lowest BCUT2D eigenvalue weighted by atomic mass is 10.1. The minimum atomic E-state index is -3.33. The molecule has 2 saturated carbocycles. The third-order valence-corrected chi connectivity index (χ3v) is 9.56. The van der Waals surface area contributed by atoms with E-state index in [-0.39, 0.29) is 10.8 Å². The highest BCUT2D eigenvalue weighted by Crippen LogP contribution is 2.56. The molecule has 2 aliphatic rings. The van der Waals surface area contributed by atoms with Gasteiger partial charge < -0.3 is 26.0 Å². The molecule has 0 spiro atoms. The van der Waals surface area contributed by atoms with Crippen molar-refractivity contribution in [1.82, 2.24) is 15.0 Å². The summed E-state index contributed by atoms with van der Waals surface area (Å²) in [5.41, 5.74) is 1.45. The first-order chi connectivity index (χ1) is 18.1. The summed E-state index contributed by atoms with van der Waals surface area (Å²) in [7, 11) is -3.33. The minimum absolute atomic E-state index is 0.233. The van der Waals surface area contributed by atoms with Crippen LogP contribution in [0.15, 0.2) is 53.4 Å². The summed E-state index contributed by atoms with van der Waals surface area (Å²) >= 11 is 1.51. The van der Waals surface area contributed by atoms with Crippen molar-refractivity contribution in [2.24, 2.45) is 5.92 Å². The molecular formula is C26H27N5O5S2. The predicted molar refractivity (Wildman–Crippen MR) is 145 cm³/mol. The largest absolute Gasteiger partial charge is 0.390 e. The van der Waals surface area contributed by atoms with Crippen LogP contribution in [0, 0.1) is 12.8 Å². The number of aliphatic hydroxyl groups excluding tert-OH is 2. The number of aromatic nitrogens is 3. The van der Waals surface area contributed by atoms with Gasteiger partial charge >= 0.3 is 0 Å². The van der Waals surface area contributed by atoms with Gasteiger partial charge in [0.1, 0.15) is 22.5 Å². The minimum Gasteiger partial charge on any atom is -0.390 e. The van der Waals surface area contributed by atoms with E-state index in [1.807, 2.05) is 37.3 Å². The number of benzene rings is 2. The fraction of sp³-hybridized carbons (Fsp3) is 0.346. The summed E-state index contributed by atoms with van der Waals surface area (Å²) in [5, 5.41) is 38.5. The van der Waals surface area contributed by atoms with Gasteiger partial charge in [0.2, 0.25) is 5.95 Å². The molecule has 2 fully saturated rings. The summed E-state index contributed by atoms with van der Waals surface area (Å²) in [6.07, 6.45) is -0.522. The Hall–Kier alpha value is -3.16. The molecule has 5 atom stereocenters. The molecule has 2 aromatic carbocycles. The third-order valence-electron chi connectivity index (χ3n) is 7.40. The van der Waals surface area contributed by atoms with Crippen LogP contribution in [0.5, 0.6) is 0 Å². The van der Waals surface area contributed by atoms with Gasteiger partial charge in [-0.25, -0.2) is 18.4 Å². The van der Waals surface area contributed by atoms with Crippen LogP contribution in [0.4, 0.5) is 11.8 Å². The average Bonchev–Trinajstić information content (AvgIpc) is 3.15. The molecule has 2 aliphatic carbocycles. The van der Waals surface area contributed by atoms with Crippen LogP contribution in [-0.2, 0) is 16.4 Å². The maximum Gasteiger partial charge on any atom is 0.225 e. The molecule has 4 aromatic rings. The maximum atomic E-state index is 11.9. The first-order valence-corrected chi connectivity index (χ1v) is 14.9. The fourth-order valence-electron chi connectivity index (χ4n) is 5.26. The number of anilines is 2. The molecular weight excluding hydrogens is 526 g/mol. The van der Waals surface area contributed by atoms with E-state index >= 15 is 0 Å². The summed E-state index contributed by atoms with van der Waals surface area (Å²) in [4.78, 5) is 14.4. The zero-order chi connectivity index (χ0) is 26.8. The van der Waals surface area contributed by atoms with E-state index in [0.29, 0.717) is 36.0 Å². The van der Waals surface area contributed by atoms with Crippen molar-refractivity contribution < 1.29 is 23.7 Å². The van der Waals surface area contributed by atoms with Crippen LogP contribution in [0.2, 0.25) is 0 Å². The van der Waals surface area contributed by atoms with Crippen molar-refractivity contribution >= 4 is 43.2 Å². The monoisotopic (exact) mass is 553 g/mol. The van der Waals surface area contributed by atoms with Crippen LogP contribution in [0.1, 0.15) is 17.7 Å². The Morgan fingerprint density at radius 3 is 2.58 bits per heavy atom. The number of aryl methyl sites for hydroxylation is 1. The smallest absolute Gasteiger partial charge is 0.225 e. The van der Waals surface area contributed by atoms with Gasteiger partial charge in [-0.05, 0) is 43.2 Å². The normalized spacial score (nSPS) is 26.3. The molecule has 12 heteroatoms. The Kier molecular flexibility index (Phi) is 5.92. The SMILES string of the molecule is Cc1nc(NCc2cccc(S(C)(=O)=O)c2)nc(NC2CC3C(O)C3(O)C2O)c1-c1nc2ccccc2s1. The van der Waals surface area contributed by atoms with E-state index in [1.165, 1.54) is 17.6 Å². The van der Waals surface area contributed by atoms with Crippen LogP contribution < -0.4 is 10.6 Å². The predicted octanol–water partition coefficient (Wildman–Crippen LogP) is 2.34. The fourth-order valence-corrected chi connectivity index (χ4v) is 7.01. The summed E-state index contributed by atoms with van der Waals surface area (Å²) < 4.78 is 24.9. The van der Waals surface area contributed by atoms with Crippen LogP contribution in [-0.4, -0.2) is 68.8 Å². The van der Waals surface area contributed by atoms with Crippen LogP contribution in [0.25, 0.3) is 20.8 Å². The number of hydrogen-bond donors (Lipinski definition) is 5. The van der Waals surface area contributed by atoms with Gasteiger partial charge in [0.15, 0.2) is 9.84 Å². The van der Waals surface area contributed by atoms with Crippen molar-refractivity contribution in [2.75, 3.05) is 16.9 Å². The molecule has 0 bridgehead atoms. The molecule has 0 saturated heterocycles. The maximum absolute atomic E-state index is 11.9. The molecule has 0 amide bonds. The molecule has 6 rings (SSSR count). The molecule has 5 N–H and O–H groups in total. The molecule has 198 valence electrons. The first kappa shape index (κ1) is 25.1. The van der Waals surface area contributed by atoms with Gasteiger partial charge in [-0.1, -0.05) is 24.3 Å². The molecule has 2 aromatic heterocycles. The van der Waals surface area contributed by atoms with Crippen molar-refractivity contribution in [3.8, 4) is 10.6 Å². The quantitative estimate of drug-likeness (QED) is 0.230. The number of nitrogens with one attached hydrogen (secondary N) is 2. The van der Waals surface area contributed by atoms with E-state index in [4.69, 9.17) is 9.97 Å². The van der Waals surface area contributed by atoms with Gasteiger partial charge in [-0.15, -0.1) is 11.3 Å². The van der Waals surface area contributed by atoms with E-state index in [2.05, 4.69) is 15.6 Å². The molecule has 10 nitrogen and oxygen atoms in total. The summed E-state index contributed by atoms with van der Waals surface area (Å²) in [6.45, 7) is 2.15. The van der Waals surface area contributed by atoms with Crippen LogP contribution in [0.3, 0.4) is 0 Å². The van der Waals surface area contributed by atoms with Crippen molar-refractivity contribution in [1.29, 1.82) is 0 Å². The highest BCUT2D eigenvalue weighted by atomic mass is 32.2. The lowest BCUT2D eigenvalue weighted by Crippen LogP contribution is -2.42. The molecule has 2 heterocycles. The number of nitrogens with zero attached hydrogens (tertiary/aromatic N) is 3. The van der Waals surface area contributed by atoms with E-state index < -0.39 is 33.7 Å². The van der Waals surface area contributed by atoms with Crippen molar-refractivity contribution in [3.05, 3.63) is 59.8 Å². The van der Waals surface area contributed by atoms with Gasteiger partial charge in [0, 0.05) is 18.7 Å². The van der Waals surface area contributed by atoms with Gasteiger partial charge in [0.05, 0.1) is 38.5 Å². The number of rotatable bonds is 7. The van der Waals surface area contributed by atoms with E-state index in [1.54, 1.807) is 18.2 Å². The molecule has 0 radical (unpaired) electrons. The Morgan fingerprint density at radius 2 is 1.87 bits per heavy atom. The highest BCUT2D eigenvalue weighted by Gasteiger charge is 2.74. The van der Waals surface area contributed by atoms with Crippen molar-refractivity contribution in [3.63, 3.8) is 0 Å². The first-order valence-electron chi connectivity index (χ1n) is 12.2. The zero-order valence-corrected chi connectivity index (χ0v) is 22.3. The second-order valence-corrected chi connectivity index (χ2v) is 13.0. The lowest BCUT2D eigenvalue weighted by molar-refractivity contribution is -0.0262. The number of sulfone groups is 1. The number of aliphatic hydroxyl groups is 3. The highest BCUT2D eigenvalue weighted by molar-refractivity contribution is 7.90. The summed E-state index contributed by atoms with van der Waals surface area (Å²) in [6, 6.07) is 13.9. The lowest BCUT2D eigenvalue weighted by Gasteiger charge is -2.25. The van der Waals surface area contributed by atoms with Gasteiger partial charge in [-0.2, -0.15) is 4.98 Å². The standard InChI is InChI=1S/C26H27N5O5S2/c1-13-20(24-30-17-8-3-4-9-19(17)37-24)23(29-18-11-16-21(32)26(16,34)22(18)33)31-25(28-13)27-12-14-6-5-7-15(10-14)38(2,35)36/h3-10,16,18,21-22,32-34H,11-12H2,1-2H3,(H2,27,28,29,31). The van der Waals surface area contributed by atoms with E-state index in [0.717, 1.165) is 20.8 Å². The second-order valence-electron chi connectivity index (χ2n) is 9.99. The Bertz CT molecular complexity index is 1630. The van der Waals surface area contributed by atoms with Gasteiger partial charge in [0.25, 0.3) is 0 Å². The number of thiazole rings is 1. The summed E-state index contributed by atoms with van der Waals surface area (Å²) in [5.74, 6) is 0.381.